The molecule has 3 aromatic heterocycles. The van der Waals surface area contributed by atoms with Crippen molar-refractivity contribution in [2.24, 2.45) is 0 Å². The number of alkyl halides is 3. The molecule has 5 nitrogen and oxygen atoms in total. The molecule has 4 aromatic rings. The molecule has 34 heavy (non-hydrogen) atoms. The fraction of sp³-hybridized carbons (Fsp3) is 0.208. The Morgan fingerprint density at radius 2 is 1.56 bits per heavy atom. The average molecular weight is 474 g/mol. The number of pyridine rings is 2. The smallest absolute Gasteiger partial charge is 0.416 e. The number of hydrogen-bond acceptors (Lipinski definition) is 4. The molecule has 0 aliphatic rings. The second-order valence-electron chi connectivity index (χ2n) is 8.06. The first-order valence-electron chi connectivity index (χ1n) is 10.1. The van der Waals surface area contributed by atoms with Crippen molar-refractivity contribution < 1.29 is 26.7 Å². The quantitative estimate of drug-likeness (QED) is 0.265. The average Bonchev–Trinajstić information content (AvgIpc) is 3.29. The van der Waals surface area contributed by atoms with Crippen molar-refractivity contribution in [3.05, 3.63) is 89.6 Å². The summed E-state index contributed by atoms with van der Waals surface area (Å²) in [6.45, 7) is 3.69. The maximum atomic E-state index is 14.3. The van der Waals surface area contributed by atoms with Crippen molar-refractivity contribution >= 4 is 0 Å². The Kier molecular flexibility index (Phi) is 5.84. The number of methoxy groups -OCH3 is 1. The SMILES string of the molecule is COc1cc(-c2ccc(F)nc2F)nc(C(C)(C)c2ccn(-c3ccc(C(F)(F)F)cc3)n2)c1. The Hall–Kier alpha value is -3.82. The van der Waals surface area contributed by atoms with Crippen molar-refractivity contribution in [1.29, 1.82) is 0 Å². The van der Waals surface area contributed by atoms with Crippen LogP contribution in [-0.4, -0.2) is 26.9 Å². The monoisotopic (exact) mass is 474 g/mol. The van der Waals surface area contributed by atoms with Crippen LogP contribution in [0.5, 0.6) is 5.75 Å². The second kappa shape index (κ2) is 8.51. The Morgan fingerprint density at radius 1 is 0.853 bits per heavy atom. The molecule has 0 N–H and O–H groups in total. The van der Waals surface area contributed by atoms with Gasteiger partial charge in [0.05, 0.1) is 46.4 Å². The van der Waals surface area contributed by atoms with Gasteiger partial charge in [0.15, 0.2) is 0 Å². The Morgan fingerprint density at radius 3 is 2.18 bits per heavy atom. The van der Waals surface area contributed by atoms with E-state index in [1.165, 1.54) is 36.1 Å². The Bertz CT molecular complexity index is 1330. The van der Waals surface area contributed by atoms with Crippen LogP contribution >= 0.6 is 0 Å². The molecule has 176 valence electrons. The maximum absolute atomic E-state index is 14.3. The number of ether oxygens (including phenoxy) is 1. The second-order valence-corrected chi connectivity index (χ2v) is 8.06. The van der Waals surface area contributed by atoms with Crippen molar-refractivity contribution in [2.75, 3.05) is 7.11 Å². The summed E-state index contributed by atoms with van der Waals surface area (Å²) in [5.74, 6) is -1.55. The summed E-state index contributed by atoms with van der Waals surface area (Å²) in [4.78, 5) is 7.77. The third kappa shape index (κ3) is 4.48. The molecule has 0 spiro atoms. The first kappa shape index (κ1) is 23.3. The van der Waals surface area contributed by atoms with Crippen LogP contribution in [0.1, 0.15) is 30.8 Å². The minimum absolute atomic E-state index is 0.00707. The maximum Gasteiger partial charge on any atom is 0.416 e. The topological polar surface area (TPSA) is 52.8 Å². The van der Waals surface area contributed by atoms with Gasteiger partial charge in [-0.3, -0.25) is 4.98 Å². The number of aromatic nitrogens is 4. The summed E-state index contributed by atoms with van der Waals surface area (Å²) < 4.78 is 72.9. The molecule has 4 rings (SSSR count). The van der Waals surface area contributed by atoms with Crippen molar-refractivity contribution in [1.82, 2.24) is 19.7 Å². The predicted molar refractivity (Wildman–Crippen MR) is 115 cm³/mol. The van der Waals surface area contributed by atoms with Gasteiger partial charge in [0.25, 0.3) is 0 Å². The molecule has 0 aliphatic heterocycles. The zero-order valence-electron chi connectivity index (χ0n) is 18.4. The minimum Gasteiger partial charge on any atom is -0.497 e. The van der Waals surface area contributed by atoms with Crippen LogP contribution in [0.3, 0.4) is 0 Å². The third-order valence-electron chi connectivity index (χ3n) is 5.45. The Labute approximate surface area is 191 Å². The molecule has 0 bridgehead atoms. The lowest BCUT2D eigenvalue weighted by molar-refractivity contribution is -0.137. The van der Waals surface area contributed by atoms with Crippen LogP contribution in [0, 0.1) is 11.9 Å². The highest BCUT2D eigenvalue weighted by molar-refractivity contribution is 5.61. The number of halogens is 5. The minimum atomic E-state index is -4.43. The molecule has 10 heteroatoms. The van der Waals surface area contributed by atoms with Crippen LogP contribution in [0.2, 0.25) is 0 Å². The van der Waals surface area contributed by atoms with E-state index in [1.807, 2.05) is 13.8 Å². The third-order valence-corrected chi connectivity index (χ3v) is 5.45. The fourth-order valence-electron chi connectivity index (χ4n) is 3.42. The molecule has 3 heterocycles. The highest BCUT2D eigenvalue weighted by Crippen LogP contribution is 2.35. The van der Waals surface area contributed by atoms with Crippen molar-refractivity contribution in [3.8, 4) is 22.7 Å². The van der Waals surface area contributed by atoms with Gasteiger partial charge in [-0.25, -0.2) is 4.68 Å². The van der Waals surface area contributed by atoms with Gasteiger partial charge >= 0.3 is 6.18 Å². The van der Waals surface area contributed by atoms with Crippen molar-refractivity contribution in [2.45, 2.75) is 25.4 Å². The molecular formula is C24H19F5N4O. The van der Waals surface area contributed by atoms with Gasteiger partial charge in [-0.05, 0) is 56.3 Å². The van der Waals surface area contributed by atoms with E-state index < -0.39 is 29.1 Å². The van der Waals surface area contributed by atoms with Gasteiger partial charge in [0.1, 0.15) is 5.75 Å². The van der Waals surface area contributed by atoms with Gasteiger partial charge in [0.2, 0.25) is 11.9 Å². The number of rotatable bonds is 5. The summed E-state index contributed by atoms with van der Waals surface area (Å²) in [5, 5.41) is 4.53. The first-order chi connectivity index (χ1) is 16.0. The van der Waals surface area contributed by atoms with Crippen LogP contribution < -0.4 is 4.74 Å². The van der Waals surface area contributed by atoms with E-state index in [1.54, 1.807) is 18.3 Å². The zero-order valence-corrected chi connectivity index (χ0v) is 18.4. The van der Waals surface area contributed by atoms with Gasteiger partial charge in [-0.2, -0.15) is 32.0 Å². The number of benzene rings is 1. The van der Waals surface area contributed by atoms with Crippen LogP contribution in [0.15, 0.2) is 60.8 Å². The number of hydrogen-bond donors (Lipinski definition) is 0. The highest BCUT2D eigenvalue weighted by Gasteiger charge is 2.31. The largest absolute Gasteiger partial charge is 0.497 e. The number of nitrogens with zero attached hydrogens (tertiary/aromatic N) is 4. The lowest BCUT2D eigenvalue weighted by Gasteiger charge is -2.23. The van der Waals surface area contributed by atoms with Gasteiger partial charge in [-0.15, -0.1) is 0 Å². The molecule has 0 saturated heterocycles. The predicted octanol–water partition coefficient (Wildman–Crippen LogP) is 5.96. The summed E-state index contributed by atoms with van der Waals surface area (Å²) in [6, 6.07) is 11.8. The van der Waals surface area contributed by atoms with Crippen LogP contribution in [-0.2, 0) is 11.6 Å². The lowest BCUT2D eigenvalue weighted by Crippen LogP contribution is -2.22. The first-order valence-corrected chi connectivity index (χ1v) is 10.1. The standard InChI is InChI=1S/C24H19F5N4O/c1-23(2,19-10-11-33(32-19)15-6-4-14(5-7-15)24(27,28)29)20-13-16(34-3)12-18(30-20)17-8-9-21(25)31-22(17)26/h4-13H,1-3H3. The normalized spacial score (nSPS) is 12.1. The van der Waals surface area contributed by atoms with E-state index in [0.717, 1.165) is 18.2 Å². The van der Waals surface area contributed by atoms with E-state index in [0.29, 0.717) is 22.8 Å². The van der Waals surface area contributed by atoms with Crippen LogP contribution in [0.4, 0.5) is 22.0 Å². The van der Waals surface area contributed by atoms with Gasteiger partial charge < -0.3 is 4.74 Å². The molecule has 1 aromatic carbocycles. The summed E-state index contributed by atoms with van der Waals surface area (Å²) in [7, 11) is 1.45. The molecule has 0 saturated carbocycles. The highest BCUT2D eigenvalue weighted by atomic mass is 19.4. The zero-order chi connectivity index (χ0) is 24.7. The molecule has 0 fully saturated rings. The molecular weight excluding hydrogens is 455 g/mol. The summed E-state index contributed by atoms with van der Waals surface area (Å²) >= 11 is 0. The molecule has 0 atom stereocenters. The summed E-state index contributed by atoms with van der Waals surface area (Å²) in [6.07, 6.45) is -2.80. The summed E-state index contributed by atoms with van der Waals surface area (Å²) in [5.41, 5.74) is 0.167. The van der Waals surface area contributed by atoms with E-state index in [2.05, 4.69) is 15.1 Å². The lowest BCUT2D eigenvalue weighted by atomic mass is 9.85. The van der Waals surface area contributed by atoms with Gasteiger partial charge in [-0.1, -0.05) is 0 Å². The molecule has 0 unspecified atom stereocenters. The molecule has 0 amide bonds. The van der Waals surface area contributed by atoms with E-state index in [4.69, 9.17) is 4.74 Å². The van der Waals surface area contributed by atoms with Crippen LogP contribution in [0.25, 0.3) is 16.9 Å². The Balaban J connectivity index is 1.72. The van der Waals surface area contributed by atoms with Crippen molar-refractivity contribution in [3.63, 3.8) is 0 Å². The van der Waals surface area contributed by atoms with E-state index in [9.17, 15) is 22.0 Å². The molecule has 0 aliphatic carbocycles. The fourth-order valence-corrected chi connectivity index (χ4v) is 3.42. The van der Waals surface area contributed by atoms with Gasteiger partial charge in [0, 0.05) is 18.3 Å². The van der Waals surface area contributed by atoms with E-state index in [-0.39, 0.29) is 11.3 Å². The molecule has 0 radical (unpaired) electrons. The van der Waals surface area contributed by atoms with E-state index >= 15 is 0 Å².